The Hall–Kier alpha value is -1.98. The van der Waals surface area contributed by atoms with E-state index < -0.39 is 0 Å². The van der Waals surface area contributed by atoms with Crippen LogP contribution in [0.3, 0.4) is 0 Å². The fourth-order valence-electron chi connectivity index (χ4n) is 3.04. The summed E-state index contributed by atoms with van der Waals surface area (Å²) in [6.07, 6.45) is 3.99. The molecule has 0 spiro atoms. The van der Waals surface area contributed by atoms with Gasteiger partial charge in [0, 0.05) is 49.1 Å². The maximum absolute atomic E-state index is 4.76. The number of thiazole rings is 1. The summed E-state index contributed by atoms with van der Waals surface area (Å²) in [5.41, 5.74) is 3.49. The van der Waals surface area contributed by atoms with Gasteiger partial charge in [0.2, 0.25) is 0 Å². The first-order valence-electron chi connectivity index (χ1n) is 7.56. The minimum atomic E-state index is 0.434. The van der Waals surface area contributed by atoms with Gasteiger partial charge in [-0.15, -0.1) is 11.3 Å². The Bertz CT molecular complexity index is 762. The van der Waals surface area contributed by atoms with Crippen molar-refractivity contribution in [3.8, 4) is 10.7 Å². The Morgan fingerprint density at radius 3 is 3.05 bits per heavy atom. The van der Waals surface area contributed by atoms with E-state index in [2.05, 4.69) is 45.1 Å². The van der Waals surface area contributed by atoms with E-state index in [-0.39, 0.29) is 0 Å². The second-order valence-electron chi connectivity index (χ2n) is 5.63. The molecule has 22 heavy (non-hydrogen) atoms. The second-order valence-corrected chi connectivity index (χ2v) is 6.49. The molecule has 1 unspecified atom stereocenters. The predicted molar refractivity (Wildman–Crippen MR) is 88.6 cm³/mol. The molecule has 0 aliphatic carbocycles. The zero-order valence-electron chi connectivity index (χ0n) is 12.5. The molecular formula is C17H18N4S. The van der Waals surface area contributed by atoms with Crippen LogP contribution in [0.5, 0.6) is 0 Å². The van der Waals surface area contributed by atoms with Crippen LogP contribution in [0.2, 0.25) is 0 Å². The van der Waals surface area contributed by atoms with Crippen molar-refractivity contribution >= 4 is 11.3 Å². The number of fused-ring (bicyclic) bond motifs is 1. The van der Waals surface area contributed by atoms with Gasteiger partial charge in [-0.25, -0.2) is 4.98 Å². The molecule has 5 heteroatoms. The first kappa shape index (κ1) is 13.7. The zero-order valence-corrected chi connectivity index (χ0v) is 13.3. The molecule has 0 aromatic carbocycles. The van der Waals surface area contributed by atoms with Crippen LogP contribution in [0, 0.1) is 0 Å². The van der Waals surface area contributed by atoms with Gasteiger partial charge in [0.05, 0.1) is 11.4 Å². The fraction of sp³-hybridized carbons (Fsp3) is 0.294. The van der Waals surface area contributed by atoms with E-state index in [1.54, 1.807) is 11.3 Å². The fourth-order valence-corrected chi connectivity index (χ4v) is 3.82. The lowest BCUT2D eigenvalue weighted by Crippen LogP contribution is -2.35. The molecule has 0 bridgehead atoms. The quantitative estimate of drug-likeness (QED) is 0.741. The van der Waals surface area contributed by atoms with Crippen molar-refractivity contribution in [2.24, 2.45) is 0 Å². The molecule has 3 aromatic rings. The molecule has 0 radical (unpaired) electrons. The molecular weight excluding hydrogens is 292 g/mol. The normalized spacial score (nSPS) is 18.3. The van der Waals surface area contributed by atoms with Gasteiger partial charge in [-0.1, -0.05) is 6.07 Å². The average Bonchev–Trinajstić information content (AvgIpc) is 3.20. The van der Waals surface area contributed by atoms with Crippen molar-refractivity contribution in [1.29, 1.82) is 0 Å². The highest BCUT2D eigenvalue weighted by molar-refractivity contribution is 7.13. The molecule has 1 aliphatic rings. The molecule has 4 rings (SSSR count). The van der Waals surface area contributed by atoms with E-state index >= 15 is 0 Å². The summed E-state index contributed by atoms with van der Waals surface area (Å²) in [7, 11) is 0. The molecule has 112 valence electrons. The molecule has 4 heterocycles. The van der Waals surface area contributed by atoms with E-state index in [0.717, 1.165) is 36.0 Å². The van der Waals surface area contributed by atoms with Crippen LogP contribution in [0.1, 0.15) is 24.4 Å². The average molecular weight is 310 g/mol. The Kier molecular flexibility index (Phi) is 3.52. The van der Waals surface area contributed by atoms with Crippen molar-refractivity contribution < 1.29 is 0 Å². The highest BCUT2D eigenvalue weighted by Gasteiger charge is 2.24. The number of aromatic nitrogens is 3. The largest absolute Gasteiger partial charge is 0.349 e. The number of rotatable bonds is 3. The van der Waals surface area contributed by atoms with E-state index in [0.29, 0.717) is 6.04 Å². The molecule has 0 N–H and O–H groups in total. The highest BCUT2D eigenvalue weighted by atomic mass is 32.1. The van der Waals surface area contributed by atoms with Crippen LogP contribution in [0.25, 0.3) is 10.7 Å². The van der Waals surface area contributed by atoms with Gasteiger partial charge in [-0.2, -0.15) is 0 Å². The van der Waals surface area contributed by atoms with Crippen LogP contribution >= 0.6 is 11.3 Å². The monoisotopic (exact) mass is 310 g/mol. The van der Waals surface area contributed by atoms with Crippen molar-refractivity contribution in [3.63, 3.8) is 0 Å². The summed E-state index contributed by atoms with van der Waals surface area (Å²) < 4.78 is 2.35. The molecule has 3 aromatic heterocycles. The first-order chi connectivity index (χ1) is 10.8. The summed E-state index contributed by atoms with van der Waals surface area (Å²) in [5.74, 6) is 0. The number of pyridine rings is 1. The summed E-state index contributed by atoms with van der Waals surface area (Å²) in [6.45, 7) is 5.30. The lowest BCUT2D eigenvalue weighted by atomic mass is 10.1. The SMILES string of the molecule is CC1c2cccn2CCN1Cc1csc(-c2ccccn2)n1. The summed E-state index contributed by atoms with van der Waals surface area (Å²) >= 11 is 1.67. The predicted octanol–water partition coefficient (Wildman–Crippen LogP) is 3.58. The third-order valence-electron chi connectivity index (χ3n) is 4.27. The molecule has 0 amide bonds. The highest BCUT2D eigenvalue weighted by Crippen LogP contribution is 2.28. The number of nitrogens with zero attached hydrogens (tertiary/aromatic N) is 4. The standard InChI is InChI=1S/C17H18N4S/c1-13-16-6-4-8-20(16)9-10-21(13)11-14-12-22-17(19-14)15-5-2-3-7-18-15/h2-8,12-13H,9-11H2,1H3. The van der Waals surface area contributed by atoms with Gasteiger partial charge in [-0.05, 0) is 31.2 Å². The topological polar surface area (TPSA) is 34.0 Å². The molecule has 4 nitrogen and oxygen atoms in total. The Balaban J connectivity index is 1.52. The van der Waals surface area contributed by atoms with Crippen LogP contribution in [0.4, 0.5) is 0 Å². The maximum Gasteiger partial charge on any atom is 0.142 e. The van der Waals surface area contributed by atoms with Gasteiger partial charge in [0.1, 0.15) is 5.01 Å². The molecule has 0 saturated carbocycles. The molecule has 1 atom stereocenters. The lowest BCUT2D eigenvalue weighted by Gasteiger charge is -2.34. The van der Waals surface area contributed by atoms with Crippen molar-refractivity contribution in [2.75, 3.05) is 6.54 Å². The minimum Gasteiger partial charge on any atom is -0.349 e. The van der Waals surface area contributed by atoms with Crippen molar-refractivity contribution in [2.45, 2.75) is 26.1 Å². The van der Waals surface area contributed by atoms with Gasteiger partial charge in [0.15, 0.2) is 0 Å². The molecule has 0 saturated heterocycles. The Morgan fingerprint density at radius 2 is 2.18 bits per heavy atom. The lowest BCUT2D eigenvalue weighted by molar-refractivity contribution is 0.159. The van der Waals surface area contributed by atoms with Crippen LogP contribution < -0.4 is 0 Å². The Labute approximate surface area is 134 Å². The molecule has 1 aliphatic heterocycles. The van der Waals surface area contributed by atoms with Crippen molar-refractivity contribution in [1.82, 2.24) is 19.4 Å². The van der Waals surface area contributed by atoms with Gasteiger partial charge in [-0.3, -0.25) is 9.88 Å². The van der Waals surface area contributed by atoms with Gasteiger partial charge in [0.25, 0.3) is 0 Å². The van der Waals surface area contributed by atoms with E-state index in [1.807, 2.05) is 24.4 Å². The summed E-state index contributed by atoms with van der Waals surface area (Å²) in [4.78, 5) is 11.6. The van der Waals surface area contributed by atoms with E-state index in [1.165, 1.54) is 5.69 Å². The number of hydrogen-bond acceptors (Lipinski definition) is 4. The van der Waals surface area contributed by atoms with Crippen LogP contribution in [0.15, 0.2) is 48.1 Å². The third kappa shape index (κ3) is 2.46. The third-order valence-corrected chi connectivity index (χ3v) is 5.18. The number of hydrogen-bond donors (Lipinski definition) is 0. The maximum atomic E-state index is 4.76. The summed E-state index contributed by atoms with van der Waals surface area (Å²) in [5, 5.41) is 3.16. The van der Waals surface area contributed by atoms with Gasteiger partial charge < -0.3 is 4.57 Å². The van der Waals surface area contributed by atoms with Crippen LogP contribution in [-0.2, 0) is 13.1 Å². The Morgan fingerprint density at radius 1 is 1.23 bits per heavy atom. The minimum absolute atomic E-state index is 0.434. The van der Waals surface area contributed by atoms with Gasteiger partial charge >= 0.3 is 0 Å². The smallest absolute Gasteiger partial charge is 0.142 e. The zero-order chi connectivity index (χ0) is 14.9. The van der Waals surface area contributed by atoms with Crippen LogP contribution in [-0.4, -0.2) is 26.0 Å². The second kappa shape index (κ2) is 5.66. The molecule has 0 fully saturated rings. The van der Waals surface area contributed by atoms with E-state index in [4.69, 9.17) is 4.98 Å². The van der Waals surface area contributed by atoms with E-state index in [9.17, 15) is 0 Å². The first-order valence-corrected chi connectivity index (χ1v) is 8.44. The summed E-state index contributed by atoms with van der Waals surface area (Å²) in [6, 6.07) is 10.7. The van der Waals surface area contributed by atoms with Crippen molar-refractivity contribution in [3.05, 3.63) is 59.5 Å².